The first-order chi connectivity index (χ1) is 9.93. The molecule has 0 aromatic carbocycles. The molecule has 1 saturated heterocycles. The summed E-state index contributed by atoms with van der Waals surface area (Å²) in [6.07, 6.45) is 2.96. The van der Waals surface area contributed by atoms with Gasteiger partial charge >= 0.3 is 0 Å². The Hall–Kier alpha value is -1.09. The van der Waals surface area contributed by atoms with Crippen molar-refractivity contribution in [2.75, 3.05) is 44.3 Å². The molecule has 0 spiro atoms. The van der Waals surface area contributed by atoms with Crippen molar-refractivity contribution in [1.29, 1.82) is 0 Å². The molecular formula is C14H22IN5O. The normalized spacial score (nSPS) is 18.3. The number of hydrogen-bond donors (Lipinski definition) is 2. The van der Waals surface area contributed by atoms with E-state index in [1.807, 2.05) is 12.3 Å². The Morgan fingerprint density at radius 1 is 1.33 bits per heavy atom. The molecule has 0 radical (unpaired) electrons. The number of anilines is 1. The largest absolute Gasteiger partial charge is 0.378 e. The van der Waals surface area contributed by atoms with E-state index in [1.165, 1.54) is 5.56 Å². The molecule has 116 valence electrons. The first-order valence-electron chi connectivity index (χ1n) is 7.22. The van der Waals surface area contributed by atoms with Crippen molar-refractivity contribution in [3.63, 3.8) is 0 Å². The van der Waals surface area contributed by atoms with Gasteiger partial charge in [-0.05, 0) is 12.5 Å². The number of hydrogen-bond acceptors (Lipinski definition) is 6. The maximum absolute atomic E-state index is 5.40. The van der Waals surface area contributed by atoms with Crippen LogP contribution in [-0.4, -0.2) is 50.3 Å². The minimum absolute atomic E-state index is 0. The fourth-order valence-corrected chi connectivity index (χ4v) is 2.46. The lowest BCUT2D eigenvalue weighted by molar-refractivity contribution is 0.122. The Balaban J connectivity index is 0.00000161. The number of nitrogens with zero attached hydrogens (tertiary/aromatic N) is 3. The van der Waals surface area contributed by atoms with Gasteiger partial charge in [-0.25, -0.2) is 4.98 Å². The average Bonchev–Trinajstić information content (AvgIpc) is 2.55. The highest BCUT2D eigenvalue weighted by atomic mass is 127. The predicted molar refractivity (Wildman–Crippen MR) is 94.4 cm³/mol. The van der Waals surface area contributed by atoms with Crippen molar-refractivity contribution in [1.82, 2.24) is 15.6 Å². The van der Waals surface area contributed by atoms with E-state index in [4.69, 9.17) is 4.74 Å². The van der Waals surface area contributed by atoms with Gasteiger partial charge < -0.3 is 20.3 Å². The smallest absolute Gasteiger partial charge is 0.191 e. The standard InChI is InChI=1S/C14H21N5O.HI/c1-3-12(11-18-14-16-5-2-6-17-14)13(15-4-1)19-7-9-20-10-8-19;/h1,3-4H,2,5-11H2,(H2,16,17,18);1H. The van der Waals surface area contributed by atoms with Crippen molar-refractivity contribution in [2.24, 2.45) is 4.99 Å². The molecule has 1 aromatic rings. The second-order valence-electron chi connectivity index (χ2n) is 4.95. The van der Waals surface area contributed by atoms with Crippen molar-refractivity contribution >= 4 is 35.8 Å². The molecule has 1 fully saturated rings. The molecule has 2 N–H and O–H groups in total. The third kappa shape index (κ3) is 4.44. The zero-order chi connectivity index (χ0) is 13.6. The lowest BCUT2D eigenvalue weighted by Gasteiger charge is -2.29. The molecule has 0 saturated carbocycles. The number of pyridine rings is 1. The van der Waals surface area contributed by atoms with E-state index in [2.05, 4.69) is 31.6 Å². The number of ether oxygens (including phenoxy) is 1. The molecule has 2 aliphatic heterocycles. The van der Waals surface area contributed by atoms with Crippen molar-refractivity contribution in [2.45, 2.75) is 13.0 Å². The molecule has 6 nitrogen and oxygen atoms in total. The Kier molecular flexibility index (Phi) is 6.50. The van der Waals surface area contributed by atoms with Gasteiger partial charge in [-0.15, -0.1) is 24.0 Å². The van der Waals surface area contributed by atoms with Crippen LogP contribution in [0.2, 0.25) is 0 Å². The number of rotatable bonds is 3. The zero-order valence-electron chi connectivity index (χ0n) is 12.0. The fraction of sp³-hybridized carbons (Fsp3) is 0.571. The summed E-state index contributed by atoms with van der Waals surface area (Å²) in [6, 6.07) is 4.10. The van der Waals surface area contributed by atoms with E-state index in [0.717, 1.165) is 64.1 Å². The average molecular weight is 403 g/mol. The topological polar surface area (TPSA) is 61.8 Å². The summed E-state index contributed by atoms with van der Waals surface area (Å²) in [4.78, 5) is 11.3. The molecule has 21 heavy (non-hydrogen) atoms. The first kappa shape index (κ1) is 16.3. The van der Waals surface area contributed by atoms with Crippen LogP contribution in [0.5, 0.6) is 0 Å². The summed E-state index contributed by atoms with van der Waals surface area (Å²) in [7, 11) is 0. The van der Waals surface area contributed by atoms with Crippen LogP contribution >= 0.6 is 24.0 Å². The lowest BCUT2D eigenvalue weighted by Crippen LogP contribution is -2.41. The monoisotopic (exact) mass is 403 g/mol. The SMILES string of the molecule is I.c1cnc(N2CCOCC2)c(CNC2=NCCCN2)c1. The Bertz CT molecular complexity index is 476. The molecule has 0 unspecified atom stereocenters. The highest BCUT2D eigenvalue weighted by Gasteiger charge is 2.16. The van der Waals surface area contributed by atoms with Gasteiger partial charge in [0.2, 0.25) is 0 Å². The molecule has 0 aliphatic carbocycles. The van der Waals surface area contributed by atoms with Gasteiger partial charge in [0.1, 0.15) is 5.82 Å². The van der Waals surface area contributed by atoms with Gasteiger partial charge in [-0.1, -0.05) is 6.07 Å². The minimum Gasteiger partial charge on any atom is -0.378 e. The van der Waals surface area contributed by atoms with Crippen LogP contribution < -0.4 is 15.5 Å². The molecule has 1 aromatic heterocycles. The quantitative estimate of drug-likeness (QED) is 0.737. The molecule has 7 heteroatoms. The third-order valence-corrected chi connectivity index (χ3v) is 3.52. The zero-order valence-corrected chi connectivity index (χ0v) is 14.4. The summed E-state index contributed by atoms with van der Waals surface area (Å²) in [5.74, 6) is 1.95. The van der Waals surface area contributed by atoms with Crippen LogP contribution in [0.25, 0.3) is 0 Å². The number of nitrogens with one attached hydrogen (secondary N) is 2. The number of morpholine rings is 1. The van der Waals surface area contributed by atoms with Crippen LogP contribution in [0.3, 0.4) is 0 Å². The molecule has 0 bridgehead atoms. The molecular weight excluding hydrogens is 381 g/mol. The van der Waals surface area contributed by atoms with Gasteiger partial charge in [-0.3, -0.25) is 4.99 Å². The molecule has 3 heterocycles. The van der Waals surface area contributed by atoms with Crippen LogP contribution in [0.4, 0.5) is 5.82 Å². The molecule has 0 atom stereocenters. The molecule has 3 rings (SSSR count). The highest BCUT2D eigenvalue weighted by molar-refractivity contribution is 14.0. The molecule has 2 aliphatic rings. The van der Waals surface area contributed by atoms with Crippen LogP contribution in [0.15, 0.2) is 23.3 Å². The number of halogens is 1. The number of aromatic nitrogens is 1. The third-order valence-electron chi connectivity index (χ3n) is 3.52. The summed E-state index contributed by atoms with van der Waals surface area (Å²) in [5.41, 5.74) is 1.20. The van der Waals surface area contributed by atoms with Crippen molar-refractivity contribution < 1.29 is 4.74 Å². The van der Waals surface area contributed by atoms with Crippen LogP contribution in [0, 0.1) is 0 Å². The first-order valence-corrected chi connectivity index (χ1v) is 7.22. The van der Waals surface area contributed by atoms with Crippen LogP contribution in [0.1, 0.15) is 12.0 Å². The van der Waals surface area contributed by atoms with Crippen molar-refractivity contribution in [3.8, 4) is 0 Å². The van der Waals surface area contributed by atoms with Gasteiger partial charge in [0.25, 0.3) is 0 Å². The van der Waals surface area contributed by atoms with Crippen molar-refractivity contribution in [3.05, 3.63) is 23.9 Å². The Morgan fingerprint density at radius 3 is 2.95 bits per heavy atom. The maximum Gasteiger partial charge on any atom is 0.191 e. The summed E-state index contributed by atoms with van der Waals surface area (Å²) < 4.78 is 5.40. The number of aliphatic imine (C=N–C) groups is 1. The minimum atomic E-state index is 0. The van der Waals surface area contributed by atoms with Gasteiger partial charge in [0.05, 0.1) is 13.2 Å². The number of guanidine groups is 1. The second kappa shape index (κ2) is 8.38. The Labute approximate surface area is 142 Å². The second-order valence-corrected chi connectivity index (χ2v) is 4.95. The predicted octanol–water partition coefficient (Wildman–Crippen LogP) is 0.975. The summed E-state index contributed by atoms with van der Waals surface area (Å²) in [6.45, 7) is 6.00. The lowest BCUT2D eigenvalue weighted by atomic mass is 10.2. The maximum atomic E-state index is 5.40. The summed E-state index contributed by atoms with van der Waals surface area (Å²) >= 11 is 0. The van der Waals surface area contributed by atoms with E-state index in [0.29, 0.717) is 0 Å². The van der Waals surface area contributed by atoms with Crippen LogP contribution in [-0.2, 0) is 11.3 Å². The summed E-state index contributed by atoms with van der Waals surface area (Å²) in [5, 5.41) is 6.63. The van der Waals surface area contributed by atoms with Gasteiger partial charge in [0.15, 0.2) is 5.96 Å². The highest BCUT2D eigenvalue weighted by Crippen LogP contribution is 2.18. The van der Waals surface area contributed by atoms with E-state index in [9.17, 15) is 0 Å². The van der Waals surface area contributed by atoms with E-state index < -0.39 is 0 Å². The van der Waals surface area contributed by atoms with E-state index >= 15 is 0 Å². The van der Waals surface area contributed by atoms with E-state index in [1.54, 1.807) is 0 Å². The fourth-order valence-electron chi connectivity index (χ4n) is 2.46. The van der Waals surface area contributed by atoms with E-state index in [-0.39, 0.29) is 24.0 Å². The Morgan fingerprint density at radius 2 is 2.19 bits per heavy atom. The molecule has 0 amide bonds. The van der Waals surface area contributed by atoms with Gasteiger partial charge in [-0.2, -0.15) is 0 Å². The van der Waals surface area contributed by atoms with Gasteiger partial charge in [0, 0.05) is 44.5 Å².